The Morgan fingerprint density at radius 2 is 2.24 bits per heavy atom. The lowest BCUT2D eigenvalue weighted by molar-refractivity contribution is 0.0702. The zero-order chi connectivity index (χ0) is 12.4. The number of aromatic carboxylic acids is 1. The van der Waals surface area contributed by atoms with Gasteiger partial charge in [-0.05, 0) is 18.8 Å². The van der Waals surface area contributed by atoms with Gasteiger partial charge in [-0.3, -0.25) is 0 Å². The first-order chi connectivity index (χ1) is 8.11. The molecule has 1 aromatic heterocycles. The summed E-state index contributed by atoms with van der Waals surface area (Å²) in [6, 6.07) is 0. The average molecular weight is 275 g/mol. The number of rotatable bonds is 3. The van der Waals surface area contributed by atoms with Gasteiger partial charge in [0, 0.05) is 13.1 Å². The third-order valence-electron chi connectivity index (χ3n) is 3.23. The Balaban J connectivity index is 2.08. The van der Waals surface area contributed by atoms with Crippen molar-refractivity contribution in [2.24, 2.45) is 5.92 Å². The normalized spacial score (nSPS) is 17.4. The number of thiazole rings is 1. The van der Waals surface area contributed by atoms with Crippen molar-refractivity contribution >= 4 is 34.0 Å². The minimum Gasteiger partial charge on any atom is -0.477 e. The minimum atomic E-state index is -0.998. The lowest BCUT2D eigenvalue weighted by Crippen LogP contribution is -2.33. The molecule has 0 amide bonds. The van der Waals surface area contributed by atoms with Crippen molar-refractivity contribution in [2.75, 3.05) is 18.0 Å². The molecular formula is C11H15ClN2O2S. The van der Waals surface area contributed by atoms with E-state index in [4.69, 9.17) is 16.7 Å². The summed E-state index contributed by atoms with van der Waals surface area (Å²) < 4.78 is 0. The van der Waals surface area contributed by atoms with Gasteiger partial charge in [0.15, 0.2) is 15.2 Å². The van der Waals surface area contributed by atoms with E-state index in [-0.39, 0.29) is 10.0 Å². The molecule has 1 N–H and O–H groups in total. The van der Waals surface area contributed by atoms with E-state index in [2.05, 4.69) is 16.8 Å². The van der Waals surface area contributed by atoms with Crippen molar-refractivity contribution in [1.29, 1.82) is 0 Å². The molecule has 1 saturated heterocycles. The summed E-state index contributed by atoms with van der Waals surface area (Å²) in [5.41, 5.74) is 0. The van der Waals surface area contributed by atoms with Gasteiger partial charge in [-0.15, -0.1) is 0 Å². The van der Waals surface area contributed by atoms with Crippen LogP contribution in [-0.2, 0) is 0 Å². The highest BCUT2D eigenvalue weighted by atomic mass is 35.5. The Morgan fingerprint density at radius 1 is 1.59 bits per heavy atom. The Labute approximate surface area is 109 Å². The molecule has 1 aromatic rings. The molecule has 0 aromatic carbocycles. The monoisotopic (exact) mass is 274 g/mol. The number of aromatic nitrogens is 1. The highest BCUT2D eigenvalue weighted by Crippen LogP contribution is 2.32. The Morgan fingerprint density at radius 3 is 2.71 bits per heavy atom. The molecule has 17 heavy (non-hydrogen) atoms. The van der Waals surface area contributed by atoms with Crippen LogP contribution in [0.1, 0.15) is 35.9 Å². The summed E-state index contributed by atoms with van der Waals surface area (Å²) in [5.74, 6) is -0.206. The molecule has 6 heteroatoms. The van der Waals surface area contributed by atoms with E-state index >= 15 is 0 Å². The molecule has 2 heterocycles. The fourth-order valence-electron chi connectivity index (χ4n) is 2.09. The maximum atomic E-state index is 10.9. The van der Waals surface area contributed by atoms with Crippen LogP contribution in [0.4, 0.5) is 5.13 Å². The van der Waals surface area contributed by atoms with E-state index in [1.54, 1.807) is 0 Å². The summed E-state index contributed by atoms with van der Waals surface area (Å²) in [4.78, 5) is 17.3. The van der Waals surface area contributed by atoms with Crippen molar-refractivity contribution in [3.8, 4) is 0 Å². The highest BCUT2D eigenvalue weighted by molar-refractivity contribution is 7.18. The second kappa shape index (κ2) is 5.23. The standard InChI is InChI=1S/C11H15ClN2O2S/c1-2-7-3-5-14(6-4-7)11-13-9(12)8(17-11)10(15)16/h7H,2-6H2,1H3,(H,15,16). The largest absolute Gasteiger partial charge is 0.477 e. The Kier molecular flexibility index (Phi) is 3.89. The van der Waals surface area contributed by atoms with Gasteiger partial charge in [0.2, 0.25) is 0 Å². The number of anilines is 1. The molecule has 94 valence electrons. The van der Waals surface area contributed by atoms with Crippen molar-refractivity contribution in [2.45, 2.75) is 26.2 Å². The van der Waals surface area contributed by atoms with Gasteiger partial charge < -0.3 is 10.0 Å². The van der Waals surface area contributed by atoms with E-state index < -0.39 is 5.97 Å². The average Bonchev–Trinajstić information content (AvgIpc) is 2.71. The van der Waals surface area contributed by atoms with Crippen LogP contribution < -0.4 is 4.90 Å². The molecule has 1 aliphatic heterocycles. The number of nitrogens with zero attached hydrogens (tertiary/aromatic N) is 2. The minimum absolute atomic E-state index is 0.107. The van der Waals surface area contributed by atoms with E-state index in [1.807, 2.05) is 0 Å². The van der Waals surface area contributed by atoms with Crippen LogP contribution in [0.2, 0.25) is 5.15 Å². The van der Waals surface area contributed by atoms with Gasteiger partial charge in [-0.2, -0.15) is 0 Å². The maximum absolute atomic E-state index is 10.9. The van der Waals surface area contributed by atoms with Gasteiger partial charge in [-0.1, -0.05) is 36.3 Å². The van der Waals surface area contributed by atoms with E-state index in [0.717, 1.165) is 37.0 Å². The lowest BCUT2D eigenvalue weighted by atomic mass is 9.95. The molecule has 0 saturated carbocycles. The summed E-state index contributed by atoms with van der Waals surface area (Å²) in [5, 5.41) is 9.77. The molecule has 2 rings (SSSR count). The van der Waals surface area contributed by atoms with Crippen LogP contribution in [0.5, 0.6) is 0 Å². The predicted octanol–water partition coefficient (Wildman–Crippen LogP) is 3.12. The quantitative estimate of drug-likeness (QED) is 0.920. The molecule has 4 nitrogen and oxygen atoms in total. The summed E-state index contributed by atoms with van der Waals surface area (Å²) in [7, 11) is 0. The Bertz CT molecular complexity index is 414. The first-order valence-electron chi connectivity index (χ1n) is 5.76. The van der Waals surface area contributed by atoms with Gasteiger partial charge in [0.1, 0.15) is 0 Å². The van der Waals surface area contributed by atoms with Gasteiger partial charge >= 0.3 is 5.97 Å². The summed E-state index contributed by atoms with van der Waals surface area (Å²) >= 11 is 6.97. The summed E-state index contributed by atoms with van der Waals surface area (Å²) in [6.45, 7) is 4.10. The number of carboxylic acid groups (broad SMARTS) is 1. The van der Waals surface area contributed by atoms with Crippen LogP contribution in [-0.4, -0.2) is 29.1 Å². The number of hydrogen-bond acceptors (Lipinski definition) is 4. The Hall–Kier alpha value is -0.810. The van der Waals surface area contributed by atoms with Crippen LogP contribution in [0.25, 0.3) is 0 Å². The molecule has 0 atom stereocenters. The number of piperidine rings is 1. The van der Waals surface area contributed by atoms with E-state index in [0.29, 0.717) is 0 Å². The van der Waals surface area contributed by atoms with E-state index in [1.165, 1.54) is 17.8 Å². The first kappa shape index (κ1) is 12.6. The fraction of sp³-hybridized carbons (Fsp3) is 0.636. The van der Waals surface area contributed by atoms with Crippen molar-refractivity contribution in [3.05, 3.63) is 10.0 Å². The predicted molar refractivity (Wildman–Crippen MR) is 69.3 cm³/mol. The van der Waals surface area contributed by atoms with E-state index in [9.17, 15) is 4.79 Å². The number of carboxylic acids is 1. The van der Waals surface area contributed by atoms with Gasteiger partial charge in [-0.25, -0.2) is 9.78 Å². The smallest absolute Gasteiger partial charge is 0.349 e. The second-order valence-corrected chi connectivity index (χ2v) is 5.60. The number of halogens is 1. The number of carbonyl (C=O) groups is 1. The fourth-order valence-corrected chi connectivity index (χ4v) is 3.27. The third kappa shape index (κ3) is 2.72. The molecule has 0 radical (unpaired) electrons. The van der Waals surface area contributed by atoms with Crippen LogP contribution in [0, 0.1) is 5.92 Å². The molecule has 0 spiro atoms. The SMILES string of the molecule is CCC1CCN(c2nc(Cl)c(C(=O)O)s2)CC1. The molecule has 0 bridgehead atoms. The summed E-state index contributed by atoms with van der Waals surface area (Å²) in [6.07, 6.45) is 3.51. The van der Waals surface area contributed by atoms with Crippen molar-refractivity contribution in [3.63, 3.8) is 0 Å². The number of hydrogen-bond donors (Lipinski definition) is 1. The van der Waals surface area contributed by atoms with Crippen LogP contribution >= 0.6 is 22.9 Å². The van der Waals surface area contributed by atoms with Gasteiger partial charge in [0.05, 0.1) is 0 Å². The van der Waals surface area contributed by atoms with Crippen molar-refractivity contribution in [1.82, 2.24) is 4.98 Å². The van der Waals surface area contributed by atoms with Crippen molar-refractivity contribution < 1.29 is 9.90 Å². The van der Waals surface area contributed by atoms with Gasteiger partial charge in [0.25, 0.3) is 0 Å². The topological polar surface area (TPSA) is 53.4 Å². The zero-order valence-electron chi connectivity index (χ0n) is 9.65. The molecule has 1 aliphatic rings. The van der Waals surface area contributed by atoms with Crippen LogP contribution in [0.3, 0.4) is 0 Å². The maximum Gasteiger partial charge on any atom is 0.349 e. The molecular weight excluding hydrogens is 260 g/mol. The molecule has 0 unspecified atom stereocenters. The lowest BCUT2D eigenvalue weighted by Gasteiger charge is -2.31. The molecule has 0 aliphatic carbocycles. The van der Waals surface area contributed by atoms with Crippen LogP contribution in [0.15, 0.2) is 0 Å². The second-order valence-electron chi connectivity index (χ2n) is 4.26. The first-order valence-corrected chi connectivity index (χ1v) is 6.95. The third-order valence-corrected chi connectivity index (χ3v) is 4.72. The zero-order valence-corrected chi connectivity index (χ0v) is 11.2. The highest BCUT2D eigenvalue weighted by Gasteiger charge is 2.23. The molecule has 1 fully saturated rings.